The molecule has 0 atom stereocenters. The van der Waals surface area contributed by atoms with Gasteiger partial charge in [-0.15, -0.1) is 6.42 Å². The van der Waals surface area contributed by atoms with Crippen LogP contribution in [-0.2, 0) is 28.7 Å². The molecule has 182 valence electrons. The van der Waals surface area contributed by atoms with E-state index in [1.165, 1.54) is 14.2 Å². The van der Waals surface area contributed by atoms with Gasteiger partial charge in [-0.3, -0.25) is 24.1 Å². The maximum atomic E-state index is 12.0. The Kier molecular flexibility index (Phi) is 18.7. The Hall–Kier alpha value is -2.60. The molecule has 0 aliphatic carbocycles. The minimum absolute atomic E-state index is 0.0589. The minimum Gasteiger partial charge on any atom is -0.469 e. The smallest absolute Gasteiger partial charge is 0.305 e. The summed E-state index contributed by atoms with van der Waals surface area (Å²) >= 11 is 0. The number of carbonyl (C=O) groups is 4. The van der Waals surface area contributed by atoms with Gasteiger partial charge in [0.25, 0.3) is 0 Å². The van der Waals surface area contributed by atoms with Gasteiger partial charge in [-0.05, 0) is 25.7 Å². The van der Waals surface area contributed by atoms with Crippen molar-refractivity contribution in [1.29, 1.82) is 0 Å². The lowest BCUT2D eigenvalue weighted by Gasteiger charge is -2.19. The molecule has 2 amide bonds. The van der Waals surface area contributed by atoms with Gasteiger partial charge in [0.05, 0.1) is 20.8 Å². The molecule has 0 bridgehead atoms. The van der Waals surface area contributed by atoms with Gasteiger partial charge in [0, 0.05) is 51.9 Å². The van der Waals surface area contributed by atoms with Gasteiger partial charge >= 0.3 is 11.9 Å². The summed E-state index contributed by atoms with van der Waals surface area (Å²) in [7, 11) is 2.74. The first-order valence-corrected chi connectivity index (χ1v) is 11.3. The number of terminal acetylenes is 1. The van der Waals surface area contributed by atoms with E-state index < -0.39 is 0 Å². The largest absolute Gasteiger partial charge is 0.469 e. The van der Waals surface area contributed by atoms with Crippen molar-refractivity contribution in [2.24, 2.45) is 0 Å². The molecule has 9 nitrogen and oxygen atoms in total. The van der Waals surface area contributed by atoms with Gasteiger partial charge in [0.15, 0.2) is 0 Å². The summed E-state index contributed by atoms with van der Waals surface area (Å²) in [5.41, 5.74) is 0. The summed E-state index contributed by atoms with van der Waals surface area (Å²) in [6.07, 6.45) is 11.6. The highest BCUT2D eigenvalue weighted by molar-refractivity contribution is 5.76. The highest BCUT2D eigenvalue weighted by Crippen LogP contribution is 2.02. The molecule has 0 spiro atoms. The molecular weight excluding hydrogens is 414 g/mol. The van der Waals surface area contributed by atoms with E-state index >= 15 is 0 Å². The van der Waals surface area contributed by atoms with Gasteiger partial charge in [-0.1, -0.05) is 18.8 Å². The number of ether oxygens (including phenoxy) is 2. The van der Waals surface area contributed by atoms with E-state index in [-0.39, 0.29) is 23.8 Å². The number of nitrogens with zero attached hydrogens (tertiary/aromatic N) is 1. The lowest BCUT2D eigenvalue weighted by Crippen LogP contribution is -2.35. The Morgan fingerprint density at radius 3 is 1.53 bits per heavy atom. The first-order chi connectivity index (χ1) is 15.4. The Balaban J connectivity index is 3.86. The Morgan fingerprint density at radius 1 is 0.719 bits per heavy atom. The van der Waals surface area contributed by atoms with Crippen LogP contribution in [0.1, 0.15) is 64.2 Å². The fourth-order valence-corrected chi connectivity index (χ4v) is 2.90. The Morgan fingerprint density at radius 2 is 1.16 bits per heavy atom. The standard InChI is InChI=1S/C23H39N3O6/c1-4-17-26(18-13-20(27)24-15-9-5-7-11-22(29)31-2)19-14-21(28)25-16-10-6-8-12-23(30)32-3/h1H,5-19H2,2-3H3,(H,24,27)(H,25,28). The number of unbranched alkanes of at least 4 members (excludes halogenated alkanes) is 4. The normalized spacial score (nSPS) is 10.3. The van der Waals surface area contributed by atoms with Crippen LogP contribution >= 0.6 is 0 Å². The van der Waals surface area contributed by atoms with Gasteiger partial charge in [0.2, 0.25) is 11.8 Å². The molecule has 0 heterocycles. The predicted octanol–water partition coefficient (Wildman–Crippen LogP) is 1.40. The lowest BCUT2D eigenvalue weighted by molar-refractivity contribution is -0.141. The molecule has 0 fully saturated rings. The zero-order valence-corrected chi connectivity index (χ0v) is 19.6. The molecule has 0 aliphatic heterocycles. The minimum atomic E-state index is -0.216. The molecule has 0 saturated heterocycles. The average Bonchev–Trinajstić information content (AvgIpc) is 2.79. The second kappa shape index (κ2) is 20.3. The fourth-order valence-electron chi connectivity index (χ4n) is 2.90. The quantitative estimate of drug-likeness (QED) is 0.173. The van der Waals surface area contributed by atoms with Crippen molar-refractivity contribution in [3.8, 4) is 12.3 Å². The van der Waals surface area contributed by atoms with Crippen LogP contribution in [-0.4, -0.2) is 75.6 Å². The third-order valence-electron chi connectivity index (χ3n) is 4.84. The SMILES string of the molecule is C#CCN(CCC(=O)NCCCCCC(=O)OC)CCC(=O)NCCCCCC(=O)OC. The van der Waals surface area contributed by atoms with Crippen LogP contribution in [0.5, 0.6) is 0 Å². The summed E-state index contributed by atoms with van der Waals surface area (Å²) in [6, 6.07) is 0. The summed E-state index contributed by atoms with van der Waals surface area (Å²) < 4.78 is 9.16. The third kappa shape index (κ3) is 18.2. The first-order valence-electron chi connectivity index (χ1n) is 11.3. The Bertz CT molecular complexity index is 559. The number of rotatable bonds is 19. The summed E-state index contributed by atoms with van der Waals surface area (Å²) in [6.45, 7) is 2.48. The van der Waals surface area contributed by atoms with E-state index in [9.17, 15) is 19.2 Å². The highest BCUT2D eigenvalue weighted by atomic mass is 16.5. The molecule has 32 heavy (non-hydrogen) atoms. The van der Waals surface area contributed by atoms with E-state index in [0.717, 1.165) is 38.5 Å². The molecule has 0 aromatic carbocycles. The number of carbonyl (C=O) groups excluding carboxylic acids is 4. The monoisotopic (exact) mass is 453 g/mol. The van der Waals surface area contributed by atoms with E-state index in [1.807, 2.05) is 4.90 Å². The van der Waals surface area contributed by atoms with E-state index in [4.69, 9.17) is 6.42 Å². The van der Waals surface area contributed by atoms with Gasteiger partial charge in [-0.25, -0.2) is 0 Å². The number of nitrogens with one attached hydrogen (secondary N) is 2. The van der Waals surface area contributed by atoms with Crippen LogP contribution < -0.4 is 10.6 Å². The van der Waals surface area contributed by atoms with Crippen LogP contribution in [0.25, 0.3) is 0 Å². The Labute approximate surface area is 191 Å². The molecule has 2 N–H and O–H groups in total. The van der Waals surface area contributed by atoms with E-state index in [0.29, 0.717) is 58.4 Å². The predicted molar refractivity (Wildman–Crippen MR) is 121 cm³/mol. The van der Waals surface area contributed by atoms with Crippen LogP contribution in [0.2, 0.25) is 0 Å². The maximum Gasteiger partial charge on any atom is 0.305 e. The van der Waals surface area contributed by atoms with Gasteiger partial charge in [-0.2, -0.15) is 0 Å². The first kappa shape index (κ1) is 29.4. The number of amides is 2. The second-order valence-electron chi connectivity index (χ2n) is 7.45. The van der Waals surface area contributed by atoms with Gasteiger partial charge in [0.1, 0.15) is 0 Å². The van der Waals surface area contributed by atoms with Crippen LogP contribution in [0.4, 0.5) is 0 Å². The fraction of sp³-hybridized carbons (Fsp3) is 0.739. The van der Waals surface area contributed by atoms with Crippen molar-refractivity contribution < 1.29 is 28.7 Å². The van der Waals surface area contributed by atoms with E-state index in [1.54, 1.807) is 0 Å². The van der Waals surface area contributed by atoms with Crippen molar-refractivity contribution in [3.05, 3.63) is 0 Å². The molecule has 0 radical (unpaired) electrons. The molecule has 0 unspecified atom stereocenters. The van der Waals surface area contributed by atoms with Crippen molar-refractivity contribution >= 4 is 23.8 Å². The summed E-state index contributed by atoms with van der Waals surface area (Å²) in [4.78, 5) is 47.9. The number of esters is 2. The lowest BCUT2D eigenvalue weighted by atomic mass is 10.2. The number of methoxy groups -OCH3 is 2. The van der Waals surface area contributed by atoms with Crippen molar-refractivity contribution in [3.63, 3.8) is 0 Å². The molecule has 0 aliphatic rings. The van der Waals surface area contributed by atoms with Crippen molar-refractivity contribution in [1.82, 2.24) is 15.5 Å². The zero-order chi connectivity index (χ0) is 24.0. The highest BCUT2D eigenvalue weighted by Gasteiger charge is 2.10. The molecule has 0 aromatic heterocycles. The summed E-state index contributed by atoms with van der Waals surface area (Å²) in [5, 5.41) is 5.72. The molecule has 0 saturated carbocycles. The summed E-state index contributed by atoms with van der Waals surface area (Å²) in [5.74, 6) is 2.01. The molecule has 9 heteroatoms. The molecule has 0 aromatic rings. The third-order valence-corrected chi connectivity index (χ3v) is 4.84. The van der Waals surface area contributed by atoms with Crippen LogP contribution in [0.3, 0.4) is 0 Å². The van der Waals surface area contributed by atoms with Crippen LogP contribution in [0.15, 0.2) is 0 Å². The van der Waals surface area contributed by atoms with Crippen molar-refractivity contribution in [2.75, 3.05) is 46.9 Å². The second-order valence-corrected chi connectivity index (χ2v) is 7.45. The van der Waals surface area contributed by atoms with Crippen molar-refractivity contribution in [2.45, 2.75) is 64.2 Å². The topological polar surface area (TPSA) is 114 Å². The zero-order valence-electron chi connectivity index (χ0n) is 19.6. The number of hydrogen-bond donors (Lipinski definition) is 2. The maximum absolute atomic E-state index is 12.0. The van der Waals surface area contributed by atoms with E-state index in [2.05, 4.69) is 26.0 Å². The molecule has 0 rings (SSSR count). The average molecular weight is 454 g/mol. The van der Waals surface area contributed by atoms with Crippen LogP contribution in [0, 0.1) is 12.3 Å². The number of hydrogen-bond acceptors (Lipinski definition) is 7. The van der Waals surface area contributed by atoms with Gasteiger partial charge < -0.3 is 20.1 Å². The molecular formula is C23H39N3O6.